The molecule has 0 atom stereocenters. The van der Waals surface area contributed by atoms with Gasteiger partial charge in [-0.2, -0.15) is 0 Å². The number of amides is 1. The summed E-state index contributed by atoms with van der Waals surface area (Å²) >= 11 is 1.45. The van der Waals surface area contributed by atoms with E-state index in [0.29, 0.717) is 23.2 Å². The van der Waals surface area contributed by atoms with E-state index in [2.05, 4.69) is 15.5 Å². The Bertz CT molecular complexity index is 627. The van der Waals surface area contributed by atoms with Crippen molar-refractivity contribution >= 4 is 29.0 Å². The van der Waals surface area contributed by atoms with Crippen LogP contribution in [0.3, 0.4) is 0 Å². The summed E-state index contributed by atoms with van der Waals surface area (Å²) in [4.78, 5) is 11.9. The van der Waals surface area contributed by atoms with E-state index in [1.807, 2.05) is 19.1 Å². The van der Waals surface area contributed by atoms with Crippen molar-refractivity contribution in [2.75, 3.05) is 16.8 Å². The number of nitrogen functional groups attached to an aromatic ring is 1. The summed E-state index contributed by atoms with van der Waals surface area (Å²) < 4.78 is 5.24. The average molecular weight is 306 g/mol. The number of carbonyl (C=O) groups excluding carboxylic acids is 1. The van der Waals surface area contributed by atoms with Crippen LogP contribution in [0.25, 0.3) is 0 Å². The van der Waals surface area contributed by atoms with Gasteiger partial charge in [0.2, 0.25) is 11.8 Å². The summed E-state index contributed by atoms with van der Waals surface area (Å²) in [7, 11) is 0. The Balaban J connectivity index is 1.73. The molecule has 0 radical (unpaired) electrons. The van der Waals surface area contributed by atoms with E-state index in [1.165, 1.54) is 11.8 Å². The quantitative estimate of drug-likeness (QED) is 0.484. The summed E-state index contributed by atoms with van der Waals surface area (Å²) in [6, 6.07) is 5.47. The molecule has 0 aliphatic heterocycles. The summed E-state index contributed by atoms with van der Waals surface area (Å²) in [5, 5.41) is 11.0. The van der Waals surface area contributed by atoms with Crippen molar-refractivity contribution < 1.29 is 9.21 Å². The molecule has 0 bridgehead atoms. The predicted molar refractivity (Wildman–Crippen MR) is 83.2 cm³/mol. The molecule has 2 aromatic rings. The van der Waals surface area contributed by atoms with E-state index in [-0.39, 0.29) is 5.91 Å². The Kier molecular flexibility index (Phi) is 5.21. The first-order chi connectivity index (χ1) is 10.0. The number of nitrogens with zero attached hydrogens (tertiary/aromatic N) is 2. The van der Waals surface area contributed by atoms with Crippen LogP contribution in [-0.4, -0.2) is 21.9 Å². The van der Waals surface area contributed by atoms with Crippen LogP contribution in [0.1, 0.15) is 24.3 Å². The molecule has 0 saturated carbocycles. The number of hydrogen-bond acceptors (Lipinski definition) is 6. The molecule has 7 heteroatoms. The summed E-state index contributed by atoms with van der Waals surface area (Å²) in [6.45, 7) is 3.68. The smallest absolute Gasteiger partial charge is 0.276 e. The molecule has 1 aromatic carbocycles. The maximum atomic E-state index is 11.9. The second-order valence-corrected chi connectivity index (χ2v) is 5.71. The van der Waals surface area contributed by atoms with Crippen molar-refractivity contribution in [2.24, 2.45) is 0 Å². The second kappa shape index (κ2) is 7.12. The molecule has 1 aromatic heterocycles. The monoisotopic (exact) mass is 306 g/mol. The molecule has 0 saturated heterocycles. The topological polar surface area (TPSA) is 94.0 Å². The lowest BCUT2D eigenvalue weighted by atomic mass is 10.1. The molecular formula is C14H18N4O2S. The zero-order valence-electron chi connectivity index (χ0n) is 12.0. The molecule has 1 heterocycles. The highest BCUT2D eigenvalue weighted by atomic mass is 32.2. The van der Waals surface area contributed by atoms with E-state index < -0.39 is 0 Å². The first-order valence-corrected chi connectivity index (χ1v) is 7.62. The maximum Gasteiger partial charge on any atom is 0.276 e. The average Bonchev–Trinajstić information content (AvgIpc) is 2.85. The lowest BCUT2D eigenvalue weighted by Crippen LogP contribution is -2.12. The highest BCUT2D eigenvalue weighted by Gasteiger charge is 2.07. The fraction of sp³-hybridized carbons (Fsp3) is 0.357. The van der Waals surface area contributed by atoms with Crippen LogP contribution in [0.5, 0.6) is 0 Å². The third kappa shape index (κ3) is 4.78. The van der Waals surface area contributed by atoms with Crippen molar-refractivity contribution in [3.05, 3.63) is 29.7 Å². The number of nitrogens with two attached hydrogens (primary N) is 1. The van der Waals surface area contributed by atoms with Gasteiger partial charge in [0.25, 0.3) is 5.22 Å². The minimum absolute atomic E-state index is 0.0222. The molecule has 21 heavy (non-hydrogen) atoms. The van der Waals surface area contributed by atoms with Crippen molar-refractivity contribution in [1.82, 2.24) is 10.2 Å². The van der Waals surface area contributed by atoms with Gasteiger partial charge in [-0.15, -0.1) is 10.2 Å². The molecule has 2 rings (SSSR count). The van der Waals surface area contributed by atoms with Crippen LogP contribution in [0.4, 0.5) is 11.4 Å². The Morgan fingerprint density at radius 1 is 1.38 bits per heavy atom. The van der Waals surface area contributed by atoms with E-state index in [4.69, 9.17) is 10.2 Å². The van der Waals surface area contributed by atoms with Crippen LogP contribution in [0.2, 0.25) is 0 Å². The van der Waals surface area contributed by atoms with Gasteiger partial charge in [0.15, 0.2) is 0 Å². The van der Waals surface area contributed by atoms with Gasteiger partial charge >= 0.3 is 0 Å². The van der Waals surface area contributed by atoms with E-state index in [0.717, 1.165) is 23.4 Å². The number of thioether (sulfide) groups is 1. The predicted octanol–water partition coefficient (Wildman–Crippen LogP) is 2.78. The molecule has 3 N–H and O–H groups in total. The number of nitrogens with one attached hydrogen (secondary N) is 1. The van der Waals surface area contributed by atoms with Crippen molar-refractivity contribution in [1.29, 1.82) is 0 Å². The third-order valence-electron chi connectivity index (χ3n) is 2.82. The van der Waals surface area contributed by atoms with Gasteiger partial charge in [0.05, 0.1) is 0 Å². The summed E-state index contributed by atoms with van der Waals surface area (Å²) in [6.07, 6.45) is 1.17. The largest absolute Gasteiger partial charge is 0.416 e. The number of aromatic nitrogens is 2. The van der Waals surface area contributed by atoms with Gasteiger partial charge < -0.3 is 15.5 Å². The van der Waals surface area contributed by atoms with Crippen molar-refractivity contribution in [3.63, 3.8) is 0 Å². The molecule has 0 spiro atoms. The Morgan fingerprint density at radius 2 is 2.19 bits per heavy atom. The maximum absolute atomic E-state index is 11.9. The molecule has 0 unspecified atom stereocenters. The highest BCUT2D eigenvalue weighted by molar-refractivity contribution is 7.99. The van der Waals surface area contributed by atoms with Gasteiger partial charge in [0, 0.05) is 30.5 Å². The van der Waals surface area contributed by atoms with E-state index >= 15 is 0 Å². The number of rotatable bonds is 6. The number of anilines is 2. The Hall–Kier alpha value is -2.02. The van der Waals surface area contributed by atoms with Crippen LogP contribution < -0.4 is 11.1 Å². The van der Waals surface area contributed by atoms with Crippen molar-refractivity contribution in [3.8, 4) is 0 Å². The molecule has 1 amide bonds. The first kappa shape index (κ1) is 15.4. The molecule has 0 aliphatic rings. The molecule has 0 fully saturated rings. The number of carbonyl (C=O) groups is 1. The SMILES string of the molecule is Cc1nnc(SCCCC(=O)Nc2cc(N)ccc2C)o1. The second-order valence-electron chi connectivity index (χ2n) is 4.66. The fourth-order valence-corrected chi connectivity index (χ4v) is 2.46. The van der Waals surface area contributed by atoms with Crippen LogP contribution in [0.15, 0.2) is 27.8 Å². The van der Waals surface area contributed by atoms with E-state index in [1.54, 1.807) is 13.0 Å². The zero-order chi connectivity index (χ0) is 15.2. The van der Waals surface area contributed by atoms with Gasteiger partial charge in [-0.05, 0) is 31.0 Å². The normalized spacial score (nSPS) is 10.6. The summed E-state index contributed by atoms with van der Waals surface area (Å²) in [5.41, 5.74) is 8.11. The number of benzene rings is 1. The van der Waals surface area contributed by atoms with Crippen molar-refractivity contribution in [2.45, 2.75) is 31.9 Å². The van der Waals surface area contributed by atoms with E-state index in [9.17, 15) is 4.79 Å². The summed E-state index contributed by atoms with van der Waals surface area (Å²) in [5.74, 6) is 1.28. The van der Waals surface area contributed by atoms with Gasteiger partial charge in [-0.3, -0.25) is 4.79 Å². The Labute approximate surface area is 127 Å². The molecular weight excluding hydrogens is 288 g/mol. The van der Waals surface area contributed by atoms with Crippen LogP contribution in [0, 0.1) is 13.8 Å². The Morgan fingerprint density at radius 3 is 2.90 bits per heavy atom. The fourth-order valence-electron chi connectivity index (χ4n) is 1.72. The third-order valence-corrected chi connectivity index (χ3v) is 3.72. The van der Waals surface area contributed by atoms with Crippen LogP contribution >= 0.6 is 11.8 Å². The lowest BCUT2D eigenvalue weighted by molar-refractivity contribution is -0.116. The highest BCUT2D eigenvalue weighted by Crippen LogP contribution is 2.20. The van der Waals surface area contributed by atoms with Gasteiger partial charge in [0.1, 0.15) is 0 Å². The molecule has 112 valence electrons. The minimum Gasteiger partial charge on any atom is -0.416 e. The molecule has 6 nitrogen and oxygen atoms in total. The van der Waals surface area contributed by atoms with Gasteiger partial charge in [-0.25, -0.2) is 0 Å². The minimum atomic E-state index is -0.0222. The lowest BCUT2D eigenvalue weighted by Gasteiger charge is -2.08. The van der Waals surface area contributed by atoms with Crippen LogP contribution in [-0.2, 0) is 4.79 Å². The number of aryl methyl sites for hydroxylation is 2. The van der Waals surface area contributed by atoms with Gasteiger partial charge in [-0.1, -0.05) is 17.8 Å². The standard InChI is InChI=1S/C14H18N4O2S/c1-9-5-6-11(15)8-12(9)16-13(19)4-3-7-21-14-18-17-10(2)20-14/h5-6,8H,3-4,7,15H2,1-2H3,(H,16,19). The molecule has 0 aliphatic carbocycles. The number of hydrogen-bond donors (Lipinski definition) is 2. The zero-order valence-corrected chi connectivity index (χ0v) is 12.9. The first-order valence-electron chi connectivity index (χ1n) is 6.63.